The molecule has 82 heavy (non-hydrogen) atoms. The number of ether oxygens (including phenoxy) is 5. The highest BCUT2D eigenvalue weighted by atomic mass is 16.5. The van der Waals surface area contributed by atoms with Gasteiger partial charge in [-0.2, -0.15) is 10.2 Å². The van der Waals surface area contributed by atoms with Crippen molar-refractivity contribution < 1.29 is 33.3 Å². The van der Waals surface area contributed by atoms with Crippen LogP contribution in [-0.4, -0.2) is 51.2 Å². The molecule has 0 bridgehead atoms. The van der Waals surface area contributed by atoms with Gasteiger partial charge in [0.25, 0.3) is 0 Å². The second kappa shape index (κ2) is 31.8. The monoisotopic (exact) mass is 1120 g/mol. The van der Waals surface area contributed by atoms with Crippen molar-refractivity contribution in [2.75, 3.05) is 26.9 Å². The summed E-state index contributed by atoms with van der Waals surface area (Å²) in [5, 5.41) is 8.55. The molecule has 0 amide bonds. The number of unbranched alkanes of at least 4 members (excludes halogenated alkanes) is 11. The molecule has 0 spiro atoms. The third kappa shape index (κ3) is 18.1. The average Bonchev–Trinajstić information content (AvgIpc) is 2.96. The Morgan fingerprint density at radius 1 is 0.598 bits per heavy atom. The highest BCUT2D eigenvalue weighted by molar-refractivity contribution is 5.90. The van der Waals surface area contributed by atoms with Crippen molar-refractivity contribution in [3.8, 4) is 17.2 Å². The molecule has 3 fully saturated rings. The number of rotatable bonds is 33. The van der Waals surface area contributed by atoms with E-state index in [2.05, 4.69) is 55.9 Å². The van der Waals surface area contributed by atoms with Crippen molar-refractivity contribution in [1.82, 2.24) is 0 Å². The maximum Gasteiger partial charge on any atom is 0.338 e. The van der Waals surface area contributed by atoms with E-state index in [0.717, 1.165) is 133 Å². The van der Waals surface area contributed by atoms with E-state index >= 15 is 0 Å². The van der Waals surface area contributed by atoms with Crippen molar-refractivity contribution in [2.24, 2.45) is 61.6 Å². The smallest absolute Gasteiger partial charge is 0.338 e. The molecule has 0 aromatic heterocycles. The molecular formula is C72H99N3O7. The molecule has 4 aromatic rings. The number of hydrogen-bond acceptors (Lipinski definition) is 10. The Kier molecular flexibility index (Phi) is 24.1. The quantitative estimate of drug-likeness (QED) is 0.0153. The molecule has 8 atom stereocenters. The number of fused-ring (bicyclic) bond motifs is 5. The van der Waals surface area contributed by atoms with Crippen molar-refractivity contribution in [3.05, 3.63) is 120 Å². The van der Waals surface area contributed by atoms with Crippen molar-refractivity contribution in [3.63, 3.8) is 0 Å². The normalized spacial score (nSPS) is 23.5. The molecule has 0 aliphatic heterocycles. The molecule has 10 nitrogen and oxygen atoms in total. The van der Waals surface area contributed by atoms with Crippen molar-refractivity contribution in [1.29, 1.82) is 0 Å². The van der Waals surface area contributed by atoms with Gasteiger partial charge in [0.2, 0.25) is 0 Å². The summed E-state index contributed by atoms with van der Waals surface area (Å²) in [6.45, 7) is 14.3. The van der Waals surface area contributed by atoms with Gasteiger partial charge in [-0.3, -0.25) is 9.79 Å². The molecule has 8 rings (SSSR count). The SMILES string of the molecule is COc1ccc(N=Nc2ccc(OCCCCCCOC(=O)c3ccc(N=Cc4ccc(OCCCCCCCCCCCC(=O)O[C@H]5CC[C@@]6(C)C(=CC[C@H]7[C@@H]8CC[C@H]([C@H](C)CCCC(C)C)[C@@]8(C)CC[C@@H]76)C5)cc4)cc3)cc2)cc1. The summed E-state index contributed by atoms with van der Waals surface area (Å²) in [4.78, 5) is 30.3. The number of hydrogen-bond donors (Lipinski definition) is 0. The zero-order chi connectivity index (χ0) is 57.6. The van der Waals surface area contributed by atoms with E-state index in [1.54, 1.807) is 24.8 Å². The minimum Gasteiger partial charge on any atom is -0.497 e. The van der Waals surface area contributed by atoms with Crippen LogP contribution in [0.1, 0.15) is 211 Å². The Hall–Kier alpha value is -5.77. The van der Waals surface area contributed by atoms with Gasteiger partial charge in [0.15, 0.2) is 0 Å². The van der Waals surface area contributed by atoms with Gasteiger partial charge in [-0.25, -0.2) is 4.79 Å². The molecule has 10 heteroatoms. The Labute approximate surface area is 493 Å². The maximum absolute atomic E-state index is 13.0. The van der Waals surface area contributed by atoms with Gasteiger partial charge in [0.05, 0.1) is 49.6 Å². The first-order chi connectivity index (χ1) is 39.9. The van der Waals surface area contributed by atoms with Gasteiger partial charge in [-0.1, -0.05) is 110 Å². The van der Waals surface area contributed by atoms with E-state index in [1.807, 2.05) is 91.1 Å². The predicted octanol–water partition coefficient (Wildman–Crippen LogP) is 19.9. The number of allylic oxidation sites excluding steroid dienone is 1. The Bertz CT molecular complexity index is 2650. The first-order valence-electron chi connectivity index (χ1n) is 32.1. The number of azo groups is 1. The highest BCUT2D eigenvalue weighted by Crippen LogP contribution is 2.67. The van der Waals surface area contributed by atoms with Crippen LogP contribution < -0.4 is 14.2 Å². The van der Waals surface area contributed by atoms with Crippen molar-refractivity contribution in [2.45, 2.75) is 201 Å². The van der Waals surface area contributed by atoms with Crippen LogP contribution in [0.15, 0.2) is 124 Å². The molecule has 0 unspecified atom stereocenters. The Balaban J connectivity index is 0.598. The molecule has 0 radical (unpaired) electrons. The summed E-state index contributed by atoms with van der Waals surface area (Å²) in [7, 11) is 1.64. The topological polar surface area (TPSA) is 117 Å². The fourth-order valence-corrected chi connectivity index (χ4v) is 14.6. The Morgan fingerprint density at radius 3 is 1.79 bits per heavy atom. The lowest BCUT2D eigenvalue weighted by atomic mass is 9.47. The van der Waals surface area contributed by atoms with Crippen LogP contribution in [0, 0.1) is 46.3 Å². The largest absolute Gasteiger partial charge is 0.497 e. The molecular weight excluding hydrogens is 1020 g/mol. The van der Waals surface area contributed by atoms with E-state index in [0.29, 0.717) is 42.6 Å². The lowest BCUT2D eigenvalue weighted by Gasteiger charge is -2.58. The number of aliphatic imine (C=N–C) groups is 1. The van der Waals surface area contributed by atoms with Crippen molar-refractivity contribution >= 4 is 35.2 Å². The van der Waals surface area contributed by atoms with Gasteiger partial charge < -0.3 is 23.7 Å². The number of nitrogens with zero attached hydrogens (tertiary/aromatic N) is 3. The fraction of sp³-hybridized carbons (Fsp3) is 0.597. The molecule has 0 saturated heterocycles. The zero-order valence-corrected chi connectivity index (χ0v) is 50.9. The minimum absolute atomic E-state index is 0.0215. The fourth-order valence-electron chi connectivity index (χ4n) is 14.6. The molecule has 0 N–H and O–H groups in total. The van der Waals surface area contributed by atoms with Crippen LogP contribution in [0.2, 0.25) is 0 Å². The van der Waals surface area contributed by atoms with Crippen LogP contribution in [0.3, 0.4) is 0 Å². The van der Waals surface area contributed by atoms with Gasteiger partial charge in [0, 0.05) is 19.1 Å². The number of benzene rings is 4. The predicted molar refractivity (Wildman–Crippen MR) is 333 cm³/mol. The number of esters is 2. The van der Waals surface area contributed by atoms with E-state index in [4.69, 9.17) is 23.7 Å². The van der Waals surface area contributed by atoms with E-state index in [9.17, 15) is 9.59 Å². The van der Waals surface area contributed by atoms with Crippen LogP contribution in [0.5, 0.6) is 17.2 Å². The molecule has 4 aliphatic rings. The molecule has 3 saturated carbocycles. The summed E-state index contributed by atoms with van der Waals surface area (Å²) in [5.74, 6) is 7.25. The van der Waals surface area contributed by atoms with E-state index < -0.39 is 0 Å². The number of carbonyl (C=O) groups is 2. The van der Waals surface area contributed by atoms with Crippen LogP contribution in [-0.2, 0) is 14.3 Å². The molecule has 0 heterocycles. The first-order valence-corrected chi connectivity index (χ1v) is 32.1. The molecule has 4 aliphatic carbocycles. The third-order valence-corrected chi connectivity index (χ3v) is 19.4. The lowest BCUT2D eigenvalue weighted by molar-refractivity contribution is -0.151. The Morgan fingerprint density at radius 2 is 1.17 bits per heavy atom. The van der Waals surface area contributed by atoms with Crippen LogP contribution in [0.4, 0.5) is 17.1 Å². The minimum atomic E-state index is -0.323. The average molecular weight is 1120 g/mol. The standard InChI is InChI=1S/C72H99N3O7/c1-53(2)21-20-22-54(3)66-42-43-67-65-41-28-57-51-64(44-46-71(57,4)68(65)45-47-72(66,67)5)82-69(76)23-16-12-10-8-7-9-11-13-17-48-79-62-35-24-55(25-36-62)52-73-58-29-26-56(27-30-58)70(77)81-50-19-15-14-18-49-80-63-39-33-60(34-40-63)75-74-59-31-37-61(78-6)38-32-59/h24-40,52-54,64-68H,7-23,41-51H2,1-6H3/t54-,64+,65+,66-,67+,68+,71+,72-/m1/s1. The van der Waals surface area contributed by atoms with Gasteiger partial charge >= 0.3 is 11.9 Å². The summed E-state index contributed by atoms with van der Waals surface area (Å²) in [6.07, 6.45) is 33.5. The number of methoxy groups -OCH3 is 1. The first kappa shape index (κ1) is 62.3. The van der Waals surface area contributed by atoms with E-state index in [-0.39, 0.29) is 18.0 Å². The number of carbonyl (C=O) groups excluding carboxylic acids is 2. The summed E-state index contributed by atoms with van der Waals surface area (Å²) in [6, 6.07) is 30.2. The second-order valence-corrected chi connectivity index (χ2v) is 25.6. The maximum atomic E-state index is 13.0. The zero-order valence-electron chi connectivity index (χ0n) is 50.9. The van der Waals surface area contributed by atoms with Gasteiger partial charge in [-0.15, -0.1) is 0 Å². The van der Waals surface area contributed by atoms with Gasteiger partial charge in [0.1, 0.15) is 23.4 Å². The third-order valence-electron chi connectivity index (χ3n) is 19.4. The molecule has 4 aromatic carbocycles. The summed E-state index contributed by atoms with van der Waals surface area (Å²) in [5.41, 5.74) is 6.20. The lowest BCUT2D eigenvalue weighted by Crippen LogP contribution is -2.51. The summed E-state index contributed by atoms with van der Waals surface area (Å²) < 4.78 is 28.8. The van der Waals surface area contributed by atoms with Crippen LogP contribution in [0.25, 0.3) is 0 Å². The summed E-state index contributed by atoms with van der Waals surface area (Å²) >= 11 is 0. The van der Waals surface area contributed by atoms with Gasteiger partial charge in [-0.05, 0) is 232 Å². The van der Waals surface area contributed by atoms with E-state index in [1.165, 1.54) is 96.3 Å². The molecule has 444 valence electrons. The van der Waals surface area contributed by atoms with Crippen LogP contribution >= 0.6 is 0 Å². The second-order valence-electron chi connectivity index (χ2n) is 25.6. The highest BCUT2D eigenvalue weighted by Gasteiger charge is 2.59.